The molecule has 0 radical (unpaired) electrons. The lowest BCUT2D eigenvalue weighted by molar-refractivity contribution is -0.167. The lowest BCUT2D eigenvalue weighted by Crippen LogP contribution is -2.58. The second-order valence-electron chi connectivity index (χ2n) is 6.82. The van der Waals surface area contributed by atoms with Gasteiger partial charge in [-0.2, -0.15) is 0 Å². The van der Waals surface area contributed by atoms with E-state index in [9.17, 15) is 4.79 Å². The van der Waals surface area contributed by atoms with Crippen molar-refractivity contribution in [1.29, 1.82) is 0 Å². The SMILES string of the molecule is COCC(=O)N1CC[C@H]2OCCC[C@]2(COCC2CC2)C1. The van der Waals surface area contributed by atoms with E-state index in [1.54, 1.807) is 7.11 Å². The summed E-state index contributed by atoms with van der Waals surface area (Å²) in [5, 5.41) is 0. The number of nitrogens with zero attached hydrogens (tertiary/aromatic N) is 1. The first-order valence-corrected chi connectivity index (χ1v) is 8.19. The van der Waals surface area contributed by atoms with Crippen molar-refractivity contribution >= 4 is 5.91 Å². The van der Waals surface area contributed by atoms with Crippen LogP contribution in [0.5, 0.6) is 0 Å². The summed E-state index contributed by atoms with van der Waals surface area (Å²) >= 11 is 0. The molecule has 2 heterocycles. The Balaban J connectivity index is 1.62. The van der Waals surface area contributed by atoms with E-state index >= 15 is 0 Å². The van der Waals surface area contributed by atoms with Gasteiger partial charge in [-0.05, 0) is 38.0 Å². The van der Waals surface area contributed by atoms with Crippen molar-refractivity contribution in [3.8, 4) is 0 Å². The summed E-state index contributed by atoms with van der Waals surface area (Å²) in [6.45, 7) is 4.15. The van der Waals surface area contributed by atoms with Gasteiger partial charge < -0.3 is 19.1 Å². The molecule has 3 aliphatic rings. The number of hydrogen-bond acceptors (Lipinski definition) is 4. The van der Waals surface area contributed by atoms with Gasteiger partial charge in [0.15, 0.2) is 0 Å². The molecule has 2 saturated heterocycles. The number of carbonyl (C=O) groups excluding carboxylic acids is 1. The Morgan fingerprint density at radius 3 is 3.00 bits per heavy atom. The minimum Gasteiger partial charge on any atom is -0.380 e. The smallest absolute Gasteiger partial charge is 0.248 e. The maximum Gasteiger partial charge on any atom is 0.248 e. The number of ether oxygens (including phenoxy) is 3. The number of piperidine rings is 1. The lowest BCUT2D eigenvalue weighted by Gasteiger charge is -2.50. The van der Waals surface area contributed by atoms with E-state index in [0.29, 0.717) is 0 Å². The molecule has 3 rings (SSSR count). The second-order valence-corrected chi connectivity index (χ2v) is 6.82. The van der Waals surface area contributed by atoms with Gasteiger partial charge in [0, 0.05) is 38.8 Å². The predicted octanol–water partition coefficient (Wildman–Crippen LogP) is 1.46. The molecule has 2 atom stereocenters. The normalized spacial score (nSPS) is 32.8. The van der Waals surface area contributed by atoms with Gasteiger partial charge in [0.1, 0.15) is 6.61 Å². The lowest BCUT2D eigenvalue weighted by atomic mass is 9.73. The molecule has 0 spiro atoms. The summed E-state index contributed by atoms with van der Waals surface area (Å²) < 4.78 is 17.0. The van der Waals surface area contributed by atoms with Crippen LogP contribution in [0.4, 0.5) is 0 Å². The van der Waals surface area contributed by atoms with Crippen molar-refractivity contribution in [2.24, 2.45) is 11.3 Å². The molecule has 5 nitrogen and oxygen atoms in total. The minimum atomic E-state index is -0.00517. The molecule has 3 fully saturated rings. The average Bonchev–Trinajstić information content (AvgIpc) is 3.31. The molecule has 1 aliphatic carbocycles. The van der Waals surface area contributed by atoms with Gasteiger partial charge in [0.25, 0.3) is 0 Å². The van der Waals surface area contributed by atoms with Crippen LogP contribution in [0, 0.1) is 11.3 Å². The summed E-state index contributed by atoms with van der Waals surface area (Å²) in [5.74, 6) is 0.863. The summed E-state index contributed by atoms with van der Waals surface area (Å²) in [7, 11) is 1.57. The van der Waals surface area contributed by atoms with Crippen LogP contribution in [0.2, 0.25) is 0 Å². The Hall–Kier alpha value is -0.650. The highest BCUT2D eigenvalue weighted by Crippen LogP contribution is 2.41. The van der Waals surface area contributed by atoms with Crippen LogP contribution < -0.4 is 0 Å². The molecule has 1 amide bonds. The first-order valence-electron chi connectivity index (χ1n) is 8.19. The largest absolute Gasteiger partial charge is 0.380 e. The molecule has 1 saturated carbocycles. The van der Waals surface area contributed by atoms with E-state index in [-0.39, 0.29) is 24.0 Å². The van der Waals surface area contributed by atoms with Crippen LogP contribution in [-0.4, -0.2) is 63.5 Å². The first-order chi connectivity index (χ1) is 10.2. The Morgan fingerprint density at radius 1 is 1.38 bits per heavy atom. The maximum atomic E-state index is 12.1. The van der Waals surface area contributed by atoms with E-state index in [1.807, 2.05) is 4.90 Å². The molecular weight excluding hydrogens is 270 g/mol. The molecule has 120 valence electrons. The number of carbonyl (C=O) groups is 1. The maximum absolute atomic E-state index is 12.1. The van der Waals surface area contributed by atoms with Gasteiger partial charge in [-0.3, -0.25) is 4.79 Å². The van der Waals surface area contributed by atoms with E-state index in [0.717, 1.165) is 58.1 Å². The number of likely N-dealkylation sites (tertiary alicyclic amines) is 1. The van der Waals surface area contributed by atoms with Gasteiger partial charge in [0.05, 0.1) is 12.7 Å². The van der Waals surface area contributed by atoms with Crippen molar-refractivity contribution in [2.45, 2.75) is 38.2 Å². The quantitative estimate of drug-likeness (QED) is 0.744. The Morgan fingerprint density at radius 2 is 2.24 bits per heavy atom. The van der Waals surface area contributed by atoms with Crippen LogP contribution in [0.1, 0.15) is 32.1 Å². The Bertz CT molecular complexity index is 371. The van der Waals surface area contributed by atoms with Gasteiger partial charge in [-0.15, -0.1) is 0 Å². The van der Waals surface area contributed by atoms with Crippen molar-refractivity contribution in [1.82, 2.24) is 4.90 Å². The van der Waals surface area contributed by atoms with Crippen molar-refractivity contribution in [2.75, 3.05) is 46.6 Å². The standard InChI is InChI=1S/C16H27NO4/c1-19-10-15(18)17-7-5-14-16(11-17,6-2-8-21-14)12-20-9-13-3-4-13/h13-14H,2-12H2,1H3/t14-,16-/m1/s1. The van der Waals surface area contributed by atoms with E-state index in [1.165, 1.54) is 12.8 Å². The Labute approximate surface area is 126 Å². The highest BCUT2D eigenvalue weighted by molar-refractivity contribution is 5.77. The van der Waals surface area contributed by atoms with Crippen molar-refractivity contribution < 1.29 is 19.0 Å². The summed E-state index contributed by atoms with van der Waals surface area (Å²) in [6, 6.07) is 0. The van der Waals surface area contributed by atoms with Crippen LogP contribution >= 0.6 is 0 Å². The van der Waals surface area contributed by atoms with Crippen LogP contribution in [0.25, 0.3) is 0 Å². The van der Waals surface area contributed by atoms with Crippen LogP contribution in [0.3, 0.4) is 0 Å². The topological polar surface area (TPSA) is 48.0 Å². The van der Waals surface area contributed by atoms with Gasteiger partial charge in [-0.25, -0.2) is 0 Å². The third-order valence-corrected chi connectivity index (χ3v) is 5.05. The van der Waals surface area contributed by atoms with Crippen molar-refractivity contribution in [3.05, 3.63) is 0 Å². The molecule has 21 heavy (non-hydrogen) atoms. The van der Waals surface area contributed by atoms with Gasteiger partial charge in [0.2, 0.25) is 5.91 Å². The number of fused-ring (bicyclic) bond motifs is 1. The zero-order valence-electron chi connectivity index (χ0n) is 13.0. The summed E-state index contributed by atoms with van der Waals surface area (Å²) in [5.41, 5.74) is -0.00517. The van der Waals surface area contributed by atoms with Gasteiger partial charge in [-0.1, -0.05) is 0 Å². The number of hydrogen-bond donors (Lipinski definition) is 0. The van der Waals surface area contributed by atoms with Crippen molar-refractivity contribution in [3.63, 3.8) is 0 Å². The second kappa shape index (κ2) is 6.63. The van der Waals surface area contributed by atoms with Crippen LogP contribution in [-0.2, 0) is 19.0 Å². The van der Waals surface area contributed by atoms with E-state index in [2.05, 4.69) is 0 Å². The van der Waals surface area contributed by atoms with E-state index < -0.39 is 0 Å². The molecule has 0 aromatic rings. The fourth-order valence-electron chi connectivity index (χ4n) is 3.64. The fraction of sp³-hybridized carbons (Fsp3) is 0.938. The minimum absolute atomic E-state index is 0.00517. The zero-order chi connectivity index (χ0) is 14.7. The monoisotopic (exact) mass is 297 g/mol. The molecule has 0 aromatic heterocycles. The molecular formula is C16H27NO4. The third-order valence-electron chi connectivity index (χ3n) is 5.05. The summed E-state index contributed by atoms with van der Waals surface area (Å²) in [4.78, 5) is 14.1. The Kier molecular flexibility index (Phi) is 4.82. The fourth-order valence-corrected chi connectivity index (χ4v) is 3.64. The number of rotatable bonds is 6. The molecule has 0 unspecified atom stereocenters. The zero-order valence-corrected chi connectivity index (χ0v) is 13.0. The first kappa shape index (κ1) is 15.3. The molecule has 5 heteroatoms. The molecule has 0 aromatic carbocycles. The molecule has 2 aliphatic heterocycles. The average molecular weight is 297 g/mol. The van der Waals surface area contributed by atoms with Gasteiger partial charge >= 0.3 is 0 Å². The predicted molar refractivity (Wildman–Crippen MR) is 78.0 cm³/mol. The number of methoxy groups -OCH3 is 1. The van der Waals surface area contributed by atoms with Crippen LogP contribution in [0.15, 0.2) is 0 Å². The summed E-state index contributed by atoms with van der Waals surface area (Å²) in [6.07, 6.45) is 5.95. The highest BCUT2D eigenvalue weighted by Gasteiger charge is 2.47. The highest BCUT2D eigenvalue weighted by atomic mass is 16.5. The molecule has 0 N–H and O–H groups in total. The third kappa shape index (κ3) is 3.58. The van der Waals surface area contributed by atoms with E-state index in [4.69, 9.17) is 14.2 Å². The number of amides is 1. The molecule has 0 bridgehead atoms.